The van der Waals surface area contributed by atoms with Gasteiger partial charge in [0, 0.05) is 48.4 Å². The van der Waals surface area contributed by atoms with Gasteiger partial charge in [-0.05, 0) is 54.1 Å². The molecule has 4 aromatic rings. The number of H-pyrrole nitrogens is 1. The Morgan fingerprint density at radius 2 is 1.97 bits per heavy atom. The van der Waals surface area contributed by atoms with Gasteiger partial charge in [0.2, 0.25) is 0 Å². The fraction of sp³-hybridized carbons (Fsp3) is 0.192. The molecular weight excluding hydrogens is 455 g/mol. The van der Waals surface area contributed by atoms with Crippen molar-refractivity contribution in [3.8, 4) is 28.4 Å². The summed E-state index contributed by atoms with van der Waals surface area (Å²) >= 11 is 5.96. The van der Waals surface area contributed by atoms with Gasteiger partial charge in [0.25, 0.3) is 5.56 Å². The summed E-state index contributed by atoms with van der Waals surface area (Å²) in [5.74, 6) is 0.784. The van der Waals surface area contributed by atoms with Crippen LogP contribution >= 0.6 is 11.6 Å². The molecule has 0 saturated heterocycles. The number of ether oxygens (including phenoxy) is 1. The monoisotopic (exact) mass is 476 g/mol. The Morgan fingerprint density at radius 3 is 2.71 bits per heavy atom. The smallest absolute Gasteiger partial charge is 0.255 e. The van der Waals surface area contributed by atoms with Crippen molar-refractivity contribution in [2.75, 3.05) is 13.7 Å². The fourth-order valence-corrected chi connectivity index (χ4v) is 4.30. The molecule has 0 spiro atoms. The summed E-state index contributed by atoms with van der Waals surface area (Å²) in [6, 6.07) is 15.4. The Bertz CT molecular complexity index is 1390. The lowest BCUT2D eigenvalue weighted by Crippen LogP contribution is -2.35. The van der Waals surface area contributed by atoms with Crippen molar-refractivity contribution in [2.45, 2.75) is 19.5 Å². The molecule has 0 amide bonds. The second kappa shape index (κ2) is 9.37. The molecule has 1 aliphatic heterocycles. The van der Waals surface area contributed by atoms with E-state index in [1.165, 1.54) is 12.1 Å². The molecule has 2 aromatic carbocycles. The van der Waals surface area contributed by atoms with Crippen LogP contribution in [0.3, 0.4) is 0 Å². The number of nitrogens with one attached hydrogen (secondary N) is 1. The molecule has 1 N–H and O–H groups in total. The minimum absolute atomic E-state index is 0.119. The standard InChI is InChI=1S/C26H22ClFN4O2/c1-34-24-9-7-19(28)12-20(24)22-8-2-16(13-29-22)14-32-11-10-23-21(15-32)26(33)31-25(30-23)17-3-5-18(27)6-4-17/h2-9,12-13H,10-11,14-15H2,1H3,(H,30,31,33). The summed E-state index contributed by atoms with van der Waals surface area (Å²) in [7, 11) is 1.55. The van der Waals surface area contributed by atoms with E-state index in [0.717, 1.165) is 23.4 Å². The first-order chi connectivity index (χ1) is 16.5. The average Bonchev–Trinajstić information content (AvgIpc) is 2.85. The lowest BCUT2D eigenvalue weighted by atomic mass is 10.1. The van der Waals surface area contributed by atoms with Gasteiger partial charge in [0.05, 0.1) is 24.1 Å². The predicted octanol–water partition coefficient (Wildman–Crippen LogP) is 4.86. The molecule has 0 fully saturated rings. The zero-order chi connectivity index (χ0) is 23.7. The first-order valence-electron chi connectivity index (χ1n) is 10.9. The molecule has 0 saturated carbocycles. The zero-order valence-electron chi connectivity index (χ0n) is 18.5. The highest BCUT2D eigenvalue weighted by molar-refractivity contribution is 6.30. The highest BCUT2D eigenvalue weighted by Gasteiger charge is 2.22. The first kappa shape index (κ1) is 22.3. The van der Waals surface area contributed by atoms with Crippen LogP contribution in [0.15, 0.2) is 65.6 Å². The van der Waals surface area contributed by atoms with Crippen LogP contribution in [-0.4, -0.2) is 33.5 Å². The molecule has 2 aromatic heterocycles. The molecule has 34 heavy (non-hydrogen) atoms. The number of halogens is 2. The number of aromatic nitrogens is 3. The van der Waals surface area contributed by atoms with Crippen molar-refractivity contribution in [2.24, 2.45) is 0 Å². The average molecular weight is 477 g/mol. The molecule has 6 nitrogen and oxygen atoms in total. The number of hydrogen-bond donors (Lipinski definition) is 1. The van der Waals surface area contributed by atoms with Gasteiger partial charge in [0.1, 0.15) is 17.4 Å². The molecule has 172 valence electrons. The van der Waals surface area contributed by atoms with Gasteiger partial charge in [-0.1, -0.05) is 17.7 Å². The van der Waals surface area contributed by atoms with Crippen molar-refractivity contribution < 1.29 is 9.13 Å². The minimum atomic E-state index is -0.341. The van der Waals surface area contributed by atoms with Crippen molar-refractivity contribution in [1.29, 1.82) is 0 Å². The molecule has 8 heteroatoms. The van der Waals surface area contributed by atoms with Gasteiger partial charge in [-0.2, -0.15) is 0 Å². The Hall–Kier alpha value is -3.55. The van der Waals surface area contributed by atoms with Crippen LogP contribution in [0.5, 0.6) is 5.75 Å². The number of aromatic amines is 1. The summed E-state index contributed by atoms with van der Waals surface area (Å²) in [5, 5.41) is 0.636. The topological polar surface area (TPSA) is 71.1 Å². The second-order valence-corrected chi connectivity index (χ2v) is 8.64. The number of methoxy groups -OCH3 is 1. The Labute approximate surface area is 201 Å². The molecule has 0 radical (unpaired) electrons. The molecule has 5 rings (SSSR count). The van der Waals surface area contributed by atoms with E-state index in [4.69, 9.17) is 21.3 Å². The summed E-state index contributed by atoms with van der Waals surface area (Å²) in [6.07, 6.45) is 2.47. The maximum atomic E-state index is 13.7. The minimum Gasteiger partial charge on any atom is -0.496 e. The van der Waals surface area contributed by atoms with Gasteiger partial charge >= 0.3 is 0 Å². The highest BCUT2D eigenvalue weighted by atomic mass is 35.5. The SMILES string of the molecule is COc1ccc(F)cc1-c1ccc(CN2CCc3nc(-c4ccc(Cl)cc4)[nH]c(=O)c3C2)cn1. The maximum absolute atomic E-state index is 13.7. The van der Waals surface area contributed by atoms with Gasteiger partial charge in [0.15, 0.2) is 0 Å². The van der Waals surface area contributed by atoms with E-state index in [2.05, 4.69) is 14.9 Å². The lowest BCUT2D eigenvalue weighted by Gasteiger charge is -2.27. The van der Waals surface area contributed by atoms with Crippen LogP contribution in [0.4, 0.5) is 4.39 Å². The molecule has 3 heterocycles. The van der Waals surface area contributed by atoms with Crippen molar-refractivity contribution in [1.82, 2.24) is 19.9 Å². The van der Waals surface area contributed by atoms with Crippen LogP contribution in [0.1, 0.15) is 16.8 Å². The number of nitrogens with zero attached hydrogens (tertiary/aromatic N) is 3. The van der Waals surface area contributed by atoms with Gasteiger partial charge in [-0.15, -0.1) is 0 Å². The largest absolute Gasteiger partial charge is 0.496 e. The van der Waals surface area contributed by atoms with E-state index >= 15 is 0 Å². The highest BCUT2D eigenvalue weighted by Crippen LogP contribution is 2.29. The van der Waals surface area contributed by atoms with Crippen LogP contribution in [0.2, 0.25) is 5.02 Å². The maximum Gasteiger partial charge on any atom is 0.255 e. The quantitative estimate of drug-likeness (QED) is 0.445. The van der Waals surface area contributed by atoms with Crippen molar-refractivity contribution in [3.05, 3.63) is 98.8 Å². The van der Waals surface area contributed by atoms with E-state index < -0.39 is 0 Å². The van der Waals surface area contributed by atoms with E-state index in [1.807, 2.05) is 24.3 Å². The third-order valence-corrected chi connectivity index (χ3v) is 6.19. The Morgan fingerprint density at radius 1 is 1.15 bits per heavy atom. The number of hydrogen-bond acceptors (Lipinski definition) is 5. The van der Waals surface area contributed by atoms with Crippen LogP contribution < -0.4 is 10.3 Å². The van der Waals surface area contributed by atoms with Gasteiger partial charge in [-0.3, -0.25) is 14.7 Å². The third-order valence-electron chi connectivity index (χ3n) is 5.93. The van der Waals surface area contributed by atoms with Crippen molar-refractivity contribution >= 4 is 11.6 Å². The molecule has 0 bridgehead atoms. The normalized spacial score (nSPS) is 13.5. The number of fused-ring (bicyclic) bond motifs is 1. The molecule has 0 atom stereocenters. The number of pyridine rings is 1. The second-order valence-electron chi connectivity index (χ2n) is 8.20. The predicted molar refractivity (Wildman–Crippen MR) is 129 cm³/mol. The molecule has 1 aliphatic rings. The summed E-state index contributed by atoms with van der Waals surface area (Å²) in [4.78, 5) is 27.1. The van der Waals surface area contributed by atoms with Crippen LogP contribution in [0.25, 0.3) is 22.6 Å². The van der Waals surface area contributed by atoms with Gasteiger partial charge in [-0.25, -0.2) is 9.37 Å². The summed E-state index contributed by atoms with van der Waals surface area (Å²) in [6.45, 7) is 1.94. The van der Waals surface area contributed by atoms with E-state index in [0.29, 0.717) is 52.9 Å². The first-order valence-corrected chi connectivity index (χ1v) is 11.3. The van der Waals surface area contributed by atoms with Crippen LogP contribution in [0, 0.1) is 5.82 Å². The van der Waals surface area contributed by atoms with Crippen molar-refractivity contribution in [3.63, 3.8) is 0 Å². The molecule has 0 unspecified atom stereocenters. The van der Waals surface area contributed by atoms with Crippen LogP contribution in [-0.2, 0) is 19.5 Å². The molecular formula is C26H22ClFN4O2. The molecule has 0 aliphatic carbocycles. The van der Waals surface area contributed by atoms with E-state index in [-0.39, 0.29) is 11.4 Å². The number of benzene rings is 2. The van der Waals surface area contributed by atoms with E-state index in [1.54, 1.807) is 31.5 Å². The summed E-state index contributed by atoms with van der Waals surface area (Å²) in [5.41, 5.74) is 4.48. The Balaban J connectivity index is 1.32. The lowest BCUT2D eigenvalue weighted by molar-refractivity contribution is 0.241. The Kier molecular flexibility index (Phi) is 6.13. The van der Waals surface area contributed by atoms with Gasteiger partial charge < -0.3 is 9.72 Å². The fourth-order valence-electron chi connectivity index (χ4n) is 4.18. The zero-order valence-corrected chi connectivity index (χ0v) is 19.3. The number of rotatable bonds is 5. The third kappa shape index (κ3) is 4.58. The van der Waals surface area contributed by atoms with E-state index in [9.17, 15) is 9.18 Å². The summed E-state index contributed by atoms with van der Waals surface area (Å²) < 4.78 is 19.1.